The summed E-state index contributed by atoms with van der Waals surface area (Å²) in [5.41, 5.74) is 0. The predicted octanol–water partition coefficient (Wildman–Crippen LogP) is -2.22. The van der Waals surface area contributed by atoms with Crippen molar-refractivity contribution in [2.45, 2.75) is 0 Å². The van der Waals surface area contributed by atoms with Crippen molar-refractivity contribution >= 4 is 64.2 Å². The summed E-state index contributed by atoms with van der Waals surface area (Å²) < 4.78 is 0. The van der Waals surface area contributed by atoms with Crippen molar-refractivity contribution < 1.29 is 39.4 Å². The molecular weight excluding hydrogens is 614 g/mol. The molecule has 0 nitrogen and oxygen atoms in total. The van der Waals surface area contributed by atoms with E-state index in [0.29, 0.717) is 0 Å². The maximum Gasteiger partial charge on any atom is 0 e. The molecule has 5 heavy (non-hydrogen) atoms. The fraction of sp³-hybridized carbons (Fsp3) is 0. The molecule has 5 heteroatoms. The van der Waals surface area contributed by atoms with E-state index in [1.807, 2.05) is 0 Å². The molecule has 4 radical (unpaired) electrons. The van der Waals surface area contributed by atoms with Crippen LogP contribution < -0.4 is 0 Å². The molecule has 0 heterocycles. The van der Waals surface area contributed by atoms with Gasteiger partial charge in [0.05, 0.1) is 0 Å². The average Bonchev–Trinajstić information content (AvgIpc) is 0. The van der Waals surface area contributed by atoms with E-state index in [1.165, 1.54) is 0 Å². The first-order valence-corrected chi connectivity index (χ1v) is 0. The molecule has 0 aromatic heterocycles. The van der Waals surface area contributed by atoms with Crippen LogP contribution in [0.15, 0.2) is 0 Å². The molecule has 0 fully saturated rings. The minimum absolute atomic E-state index is 0. The first-order valence-electron chi connectivity index (χ1n) is 0. The fourth-order valence-electron chi connectivity index (χ4n) is 0. The second kappa shape index (κ2) is 26.5. The van der Waals surface area contributed by atoms with E-state index in [9.17, 15) is 0 Å². The van der Waals surface area contributed by atoms with Crippen LogP contribution in [0.3, 0.4) is 0 Å². The van der Waals surface area contributed by atoms with Gasteiger partial charge in [-0.25, -0.2) is 0 Å². The van der Waals surface area contributed by atoms with Crippen molar-refractivity contribution in [2.24, 2.45) is 0 Å². The molecule has 0 atom stereocenters. The standard InChI is InChI=1S/Au.Cu.Ga.HSe.Tl.3H/h;;;1H;;;;. The molecule has 0 saturated carbocycles. The van der Waals surface area contributed by atoms with Gasteiger partial charge in [0.15, 0.2) is 0 Å². The zero-order valence-corrected chi connectivity index (χ0v) is 11.1. The molecule has 0 N–H and O–H groups in total. The average molecular weight is 618 g/mol. The Hall–Kier alpha value is 3.34. The van der Waals surface area contributed by atoms with Crippen molar-refractivity contribution in [3.05, 3.63) is 0 Å². The van der Waals surface area contributed by atoms with Crippen molar-refractivity contribution in [1.82, 2.24) is 0 Å². The molecule has 38 valence electrons. The fourth-order valence-corrected chi connectivity index (χ4v) is 0. The Labute approximate surface area is 102 Å². The van der Waals surface area contributed by atoms with Gasteiger partial charge in [-0.2, -0.15) is 0 Å². The third-order valence-corrected chi connectivity index (χ3v) is 0. The third-order valence-electron chi connectivity index (χ3n) is 0. The van der Waals surface area contributed by atoms with Crippen LogP contribution in [-0.2, 0) is 39.4 Å². The van der Waals surface area contributed by atoms with Crippen LogP contribution in [0.4, 0.5) is 0 Å². The summed E-state index contributed by atoms with van der Waals surface area (Å²) in [5, 5.41) is 0. The van der Waals surface area contributed by atoms with Crippen LogP contribution in [0.2, 0.25) is 0 Å². The smallest absolute Gasteiger partial charge is 0 e. The third kappa shape index (κ3) is 18.8. The molecule has 0 unspecified atom stereocenters. The van der Waals surface area contributed by atoms with Crippen LogP contribution >= 0.6 is 0 Å². The normalized spacial score (nSPS) is 0. The summed E-state index contributed by atoms with van der Waals surface area (Å²) in [4.78, 5) is 0. The maximum atomic E-state index is 0. The van der Waals surface area contributed by atoms with E-state index in [2.05, 4.69) is 0 Å². The zero-order chi connectivity index (χ0) is 0. The van der Waals surface area contributed by atoms with Gasteiger partial charge >= 0.3 is 36.9 Å². The Balaban J connectivity index is 0. The first kappa shape index (κ1) is 40.3. The number of hydrogen-bond acceptors (Lipinski definition) is 0. The van der Waals surface area contributed by atoms with Gasteiger partial charge in [-0.15, -0.1) is 0 Å². The Morgan fingerprint density at radius 3 is 1.00 bits per heavy atom. The summed E-state index contributed by atoms with van der Waals surface area (Å²) in [6, 6.07) is 0. The van der Waals surface area contributed by atoms with Crippen LogP contribution in [0.5, 0.6) is 0 Å². The van der Waals surface area contributed by atoms with Gasteiger partial charge in [0.25, 0.3) is 0 Å². The van der Waals surface area contributed by atoms with Crippen molar-refractivity contribution in [3.63, 3.8) is 0 Å². The molecule has 0 saturated heterocycles. The van der Waals surface area contributed by atoms with Gasteiger partial charge in [-0.1, -0.05) is 0 Å². The summed E-state index contributed by atoms with van der Waals surface area (Å²) in [5.74, 6) is 0. The summed E-state index contributed by atoms with van der Waals surface area (Å²) in [6.07, 6.45) is 0. The number of rotatable bonds is 0. The van der Waals surface area contributed by atoms with Gasteiger partial charge in [-0.3, -0.25) is 0 Å². The number of hydrogen-bond donors (Lipinski definition) is 0. The van der Waals surface area contributed by atoms with Crippen molar-refractivity contribution in [3.8, 4) is 0 Å². The molecular formula is H4AuCuGaSeTl. The van der Waals surface area contributed by atoms with Crippen LogP contribution in [0.1, 0.15) is 0 Å². The summed E-state index contributed by atoms with van der Waals surface area (Å²) in [7, 11) is 0. The molecule has 0 spiro atoms. The molecule has 0 aromatic carbocycles. The SMILES string of the molecule is [Au].[Cu].[GaH3].[SeH].[Tl]. The van der Waals surface area contributed by atoms with Gasteiger partial charge in [0.1, 0.15) is 0 Å². The molecule has 0 rings (SSSR count). The zero-order valence-electron chi connectivity index (χ0n) is 1.63. The topological polar surface area (TPSA) is 0 Å². The Morgan fingerprint density at radius 1 is 1.00 bits per heavy atom. The van der Waals surface area contributed by atoms with Crippen molar-refractivity contribution in [1.29, 1.82) is 0 Å². The van der Waals surface area contributed by atoms with Crippen molar-refractivity contribution in [2.75, 3.05) is 0 Å². The quantitative estimate of drug-likeness (QED) is 0.271. The monoisotopic (exact) mass is 618 g/mol. The predicted molar refractivity (Wildman–Crippen MR) is 22.8 cm³/mol. The van der Waals surface area contributed by atoms with Gasteiger partial charge in [0.2, 0.25) is 0 Å². The molecule has 0 aliphatic carbocycles. The van der Waals surface area contributed by atoms with E-state index in [1.54, 1.807) is 0 Å². The maximum absolute atomic E-state index is 0. The summed E-state index contributed by atoms with van der Waals surface area (Å²) >= 11 is 0. The minimum Gasteiger partial charge on any atom is 0 e. The molecule has 0 aromatic rings. The van der Waals surface area contributed by atoms with Gasteiger partial charge < -0.3 is 0 Å². The van der Waals surface area contributed by atoms with Crippen LogP contribution in [-0.4, -0.2) is 64.2 Å². The largest absolute Gasteiger partial charge is 0 e. The van der Waals surface area contributed by atoms with E-state index >= 15 is 0 Å². The van der Waals surface area contributed by atoms with Crippen LogP contribution in [0.25, 0.3) is 0 Å². The van der Waals surface area contributed by atoms with Gasteiger partial charge in [0, 0.05) is 66.7 Å². The van der Waals surface area contributed by atoms with Crippen LogP contribution in [0, 0.1) is 0 Å². The molecule has 0 bridgehead atoms. The molecule has 0 aliphatic heterocycles. The second-order valence-corrected chi connectivity index (χ2v) is 0. The van der Waals surface area contributed by atoms with Gasteiger partial charge in [-0.05, 0) is 0 Å². The van der Waals surface area contributed by atoms with E-state index in [4.69, 9.17) is 0 Å². The molecule has 0 amide bonds. The Bertz CT molecular complexity index is 11.6. The summed E-state index contributed by atoms with van der Waals surface area (Å²) in [6.45, 7) is 0. The Kier molecular flexibility index (Phi) is 213. The Morgan fingerprint density at radius 2 is 1.00 bits per heavy atom. The second-order valence-electron chi connectivity index (χ2n) is 0. The van der Waals surface area contributed by atoms with E-state index < -0.39 is 0 Å². The minimum atomic E-state index is 0. The first-order chi connectivity index (χ1) is 0. The van der Waals surface area contributed by atoms with E-state index in [0.717, 1.165) is 0 Å². The van der Waals surface area contributed by atoms with E-state index in [-0.39, 0.29) is 104 Å². The molecule has 0 aliphatic rings.